The molecule has 150 valence electrons. The molecular weight excluding hydrogens is 390 g/mol. The summed E-state index contributed by atoms with van der Waals surface area (Å²) in [6, 6.07) is 8.68. The standard InChI is InChI=1S/C23H27NO2S.ClH/c1-3-18(23(25)26)17-5-4-15-6-7-21-19(10-13-27-21)22(20(15)14-17)16-8-11-24(2)12-9-16;/h4-5,10,13-14,18H,3,6-9,11-12H2,1-2H3,(H,25,26);1H. The maximum absolute atomic E-state index is 11.7. The lowest BCUT2D eigenvalue weighted by Gasteiger charge is -2.27. The maximum Gasteiger partial charge on any atom is 0.310 e. The van der Waals surface area contributed by atoms with Crippen molar-refractivity contribution >= 4 is 35.3 Å². The van der Waals surface area contributed by atoms with Gasteiger partial charge in [0.1, 0.15) is 0 Å². The zero-order valence-electron chi connectivity index (χ0n) is 16.5. The first-order valence-electron chi connectivity index (χ1n) is 9.91. The molecule has 2 aliphatic rings. The van der Waals surface area contributed by atoms with Gasteiger partial charge >= 0.3 is 5.97 Å². The SMILES string of the molecule is CCC(C(=O)O)c1ccc2c(c1)C(=C1CCN(C)CC1)c1ccsc1CC2.Cl. The Morgan fingerprint density at radius 3 is 2.57 bits per heavy atom. The molecule has 0 radical (unpaired) electrons. The molecule has 4 rings (SSSR count). The molecule has 0 amide bonds. The average molecular weight is 418 g/mol. The van der Waals surface area contributed by atoms with Crippen LogP contribution in [0, 0.1) is 0 Å². The van der Waals surface area contributed by atoms with E-state index in [2.05, 4.69) is 35.5 Å². The van der Waals surface area contributed by atoms with Crippen LogP contribution in [0.25, 0.3) is 5.57 Å². The first-order valence-corrected chi connectivity index (χ1v) is 10.8. The van der Waals surface area contributed by atoms with Gasteiger partial charge in [0.05, 0.1) is 5.92 Å². The van der Waals surface area contributed by atoms with Crippen LogP contribution in [0.2, 0.25) is 0 Å². The Hall–Kier alpha value is -1.62. The van der Waals surface area contributed by atoms with E-state index in [1.54, 1.807) is 0 Å². The molecule has 0 spiro atoms. The van der Waals surface area contributed by atoms with Gasteiger partial charge in [-0.05, 0) is 84.5 Å². The van der Waals surface area contributed by atoms with Crippen LogP contribution < -0.4 is 0 Å². The number of carboxylic acids is 1. The van der Waals surface area contributed by atoms with Crippen molar-refractivity contribution in [2.45, 2.75) is 44.9 Å². The highest BCUT2D eigenvalue weighted by Crippen LogP contribution is 2.41. The Labute approximate surface area is 177 Å². The average Bonchev–Trinajstić information content (AvgIpc) is 3.05. The minimum Gasteiger partial charge on any atom is -0.481 e. The fraction of sp³-hybridized carbons (Fsp3) is 0.435. The number of hydrogen-bond donors (Lipinski definition) is 1. The fourth-order valence-corrected chi connectivity index (χ4v) is 5.37. The number of likely N-dealkylation sites (tertiary alicyclic amines) is 1. The summed E-state index contributed by atoms with van der Waals surface area (Å²) >= 11 is 1.86. The molecule has 1 aliphatic heterocycles. The van der Waals surface area contributed by atoms with Crippen molar-refractivity contribution in [3.05, 3.63) is 62.3 Å². The molecule has 1 aromatic heterocycles. The molecule has 28 heavy (non-hydrogen) atoms. The van der Waals surface area contributed by atoms with E-state index in [-0.39, 0.29) is 12.4 Å². The number of hydrogen-bond acceptors (Lipinski definition) is 3. The summed E-state index contributed by atoms with van der Waals surface area (Å²) in [4.78, 5) is 15.6. The Bertz CT molecular complexity index is 892. The molecule has 1 fully saturated rings. The van der Waals surface area contributed by atoms with Crippen molar-refractivity contribution in [1.82, 2.24) is 4.90 Å². The molecule has 1 atom stereocenters. The molecule has 2 aromatic rings. The zero-order chi connectivity index (χ0) is 19.0. The summed E-state index contributed by atoms with van der Waals surface area (Å²) in [7, 11) is 2.19. The number of rotatable bonds is 3. The summed E-state index contributed by atoms with van der Waals surface area (Å²) in [5, 5.41) is 11.8. The minimum atomic E-state index is -0.726. The lowest BCUT2D eigenvalue weighted by atomic mass is 9.85. The van der Waals surface area contributed by atoms with Crippen LogP contribution in [0.4, 0.5) is 0 Å². The highest BCUT2D eigenvalue weighted by molar-refractivity contribution is 7.10. The van der Waals surface area contributed by atoms with Gasteiger partial charge in [-0.2, -0.15) is 0 Å². The van der Waals surface area contributed by atoms with E-state index in [0.29, 0.717) is 6.42 Å². The lowest BCUT2D eigenvalue weighted by Crippen LogP contribution is -2.27. The largest absolute Gasteiger partial charge is 0.481 e. The van der Waals surface area contributed by atoms with Gasteiger partial charge in [-0.3, -0.25) is 4.79 Å². The lowest BCUT2D eigenvalue weighted by molar-refractivity contribution is -0.138. The smallest absolute Gasteiger partial charge is 0.310 e. The van der Waals surface area contributed by atoms with Crippen molar-refractivity contribution in [2.24, 2.45) is 0 Å². The van der Waals surface area contributed by atoms with Gasteiger partial charge in [0.15, 0.2) is 0 Å². The first-order chi connectivity index (χ1) is 13.1. The summed E-state index contributed by atoms with van der Waals surface area (Å²) < 4.78 is 0. The van der Waals surface area contributed by atoms with Crippen LogP contribution in [0.1, 0.15) is 59.2 Å². The van der Waals surface area contributed by atoms with Crippen molar-refractivity contribution in [3.63, 3.8) is 0 Å². The summed E-state index contributed by atoms with van der Waals surface area (Å²) in [6.45, 7) is 4.15. The number of thiophene rings is 1. The molecule has 1 aliphatic carbocycles. The van der Waals surface area contributed by atoms with E-state index in [4.69, 9.17) is 0 Å². The van der Waals surface area contributed by atoms with E-state index < -0.39 is 11.9 Å². The van der Waals surface area contributed by atoms with Gasteiger partial charge in [-0.1, -0.05) is 24.6 Å². The highest BCUT2D eigenvalue weighted by atomic mass is 35.5. The second-order valence-corrected chi connectivity index (χ2v) is 8.76. The van der Waals surface area contributed by atoms with Crippen LogP contribution in [-0.2, 0) is 17.6 Å². The Kier molecular flexibility index (Phi) is 6.64. The van der Waals surface area contributed by atoms with Crippen LogP contribution in [-0.4, -0.2) is 36.1 Å². The van der Waals surface area contributed by atoms with Crippen molar-refractivity contribution in [3.8, 4) is 0 Å². The van der Waals surface area contributed by atoms with Gasteiger partial charge in [0.2, 0.25) is 0 Å². The van der Waals surface area contributed by atoms with Crippen LogP contribution in [0.15, 0.2) is 35.2 Å². The normalized spacial score (nSPS) is 17.9. The Morgan fingerprint density at radius 2 is 1.89 bits per heavy atom. The summed E-state index contributed by atoms with van der Waals surface area (Å²) in [5.74, 6) is -1.15. The topological polar surface area (TPSA) is 40.5 Å². The van der Waals surface area contributed by atoms with Gasteiger partial charge < -0.3 is 10.0 Å². The maximum atomic E-state index is 11.7. The van der Waals surface area contributed by atoms with Gasteiger partial charge in [0, 0.05) is 18.0 Å². The van der Waals surface area contributed by atoms with Gasteiger partial charge in [-0.15, -0.1) is 23.7 Å². The quantitative estimate of drug-likeness (QED) is 0.729. The van der Waals surface area contributed by atoms with Crippen LogP contribution >= 0.6 is 23.7 Å². The molecular formula is C23H28ClNO2S. The molecule has 0 bridgehead atoms. The molecule has 1 aromatic carbocycles. The van der Waals surface area contributed by atoms with Gasteiger partial charge in [0.25, 0.3) is 0 Å². The van der Waals surface area contributed by atoms with Gasteiger partial charge in [-0.25, -0.2) is 0 Å². The Balaban J connectivity index is 0.00000225. The molecule has 1 unspecified atom stereocenters. The fourth-order valence-electron chi connectivity index (χ4n) is 4.48. The number of carboxylic acid groups (broad SMARTS) is 1. The minimum absolute atomic E-state index is 0. The summed E-state index contributed by atoms with van der Waals surface area (Å²) in [5.41, 5.74) is 7.91. The molecule has 1 N–H and O–H groups in total. The molecule has 5 heteroatoms. The third-order valence-corrected chi connectivity index (χ3v) is 7.07. The third kappa shape index (κ3) is 3.91. The van der Waals surface area contributed by atoms with E-state index in [1.807, 2.05) is 24.3 Å². The van der Waals surface area contributed by atoms with E-state index in [9.17, 15) is 9.90 Å². The second kappa shape index (κ2) is 8.81. The molecule has 1 saturated heterocycles. The molecule has 2 heterocycles. The predicted octanol–water partition coefficient (Wildman–Crippen LogP) is 5.37. The number of piperidine rings is 1. The number of fused-ring (bicyclic) bond motifs is 2. The van der Waals surface area contributed by atoms with Crippen molar-refractivity contribution in [1.29, 1.82) is 0 Å². The van der Waals surface area contributed by atoms with Crippen LogP contribution in [0.3, 0.4) is 0 Å². The highest BCUT2D eigenvalue weighted by Gasteiger charge is 2.26. The van der Waals surface area contributed by atoms with Crippen LogP contribution in [0.5, 0.6) is 0 Å². The number of halogens is 1. The number of nitrogens with zero attached hydrogens (tertiary/aromatic N) is 1. The molecule has 0 saturated carbocycles. The van der Waals surface area contributed by atoms with Crippen molar-refractivity contribution < 1.29 is 9.90 Å². The number of carbonyl (C=O) groups is 1. The summed E-state index contributed by atoms with van der Waals surface area (Å²) in [6.07, 6.45) is 4.92. The van der Waals surface area contributed by atoms with E-state index in [1.165, 1.54) is 32.7 Å². The zero-order valence-corrected chi connectivity index (χ0v) is 18.2. The monoisotopic (exact) mass is 417 g/mol. The first kappa shape index (κ1) is 21.1. The van der Waals surface area contributed by atoms with E-state index >= 15 is 0 Å². The number of aliphatic carboxylic acids is 1. The van der Waals surface area contributed by atoms with Crippen molar-refractivity contribution in [2.75, 3.05) is 20.1 Å². The third-order valence-electron chi connectivity index (χ3n) is 6.09. The van der Waals surface area contributed by atoms with E-state index in [0.717, 1.165) is 44.3 Å². The number of aryl methyl sites for hydroxylation is 2. The number of benzene rings is 1. The Morgan fingerprint density at radius 1 is 1.14 bits per heavy atom. The second-order valence-electron chi connectivity index (χ2n) is 7.75. The predicted molar refractivity (Wildman–Crippen MR) is 119 cm³/mol. The molecule has 3 nitrogen and oxygen atoms in total.